The van der Waals surface area contributed by atoms with Crippen LogP contribution in [0, 0.1) is 0 Å². The third-order valence-electron chi connectivity index (χ3n) is 3.76. The summed E-state index contributed by atoms with van der Waals surface area (Å²) in [7, 11) is 0. The molecule has 1 aromatic carbocycles. The third-order valence-corrected chi connectivity index (χ3v) is 3.76. The van der Waals surface area contributed by atoms with E-state index in [1.807, 2.05) is 24.3 Å². The first-order valence-corrected chi connectivity index (χ1v) is 8.14. The lowest BCUT2D eigenvalue weighted by Crippen LogP contribution is -2.41. The molecule has 1 aliphatic heterocycles. The van der Waals surface area contributed by atoms with E-state index in [9.17, 15) is 4.79 Å². The number of carbonyl (C=O) groups is 1. The van der Waals surface area contributed by atoms with Gasteiger partial charge in [-0.25, -0.2) is 0 Å². The van der Waals surface area contributed by atoms with Gasteiger partial charge in [-0.15, -0.1) is 0 Å². The summed E-state index contributed by atoms with van der Waals surface area (Å²) in [5.74, 6) is -0.00246. The van der Waals surface area contributed by atoms with Crippen LogP contribution < -0.4 is 5.32 Å². The van der Waals surface area contributed by atoms with Crippen molar-refractivity contribution in [3.63, 3.8) is 0 Å². The molecule has 1 aliphatic rings. The van der Waals surface area contributed by atoms with E-state index in [-0.39, 0.29) is 5.91 Å². The molecule has 1 aromatic rings. The molecule has 0 bridgehead atoms. The Labute approximate surface area is 133 Å². The topological polar surface area (TPSA) is 41.6 Å². The van der Waals surface area contributed by atoms with Crippen molar-refractivity contribution in [3.8, 4) is 0 Å². The fourth-order valence-corrected chi connectivity index (χ4v) is 2.39. The molecule has 0 aromatic heterocycles. The molecule has 0 spiro atoms. The number of carbonyl (C=O) groups excluding carboxylic acids is 1. The Morgan fingerprint density at radius 1 is 1.27 bits per heavy atom. The standard InChI is InChI=1S/C18H26N2O2/c1-2-3-4-5-16-6-8-17(9-7-16)18(21)19-10-11-20-12-14-22-15-13-20/h4-9H,2-3,10-15H2,1H3,(H,19,21)/b5-4+. The summed E-state index contributed by atoms with van der Waals surface area (Å²) in [6, 6.07) is 7.75. The van der Waals surface area contributed by atoms with Crippen LogP contribution in [0.15, 0.2) is 30.3 Å². The van der Waals surface area contributed by atoms with E-state index in [0.29, 0.717) is 6.54 Å². The van der Waals surface area contributed by atoms with E-state index in [2.05, 4.69) is 29.3 Å². The molecule has 0 saturated carbocycles. The molecule has 4 nitrogen and oxygen atoms in total. The zero-order chi connectivity index (χ0) is 15.6. The number of hydrogen-bond acceptors (Lipinski definition) is 3. The molecule has 2 rings (SSSR count). The van der Waals surface area contributed by atoms with Crippen molar-refractivity contribution in [1.82, 2.24) is 10.2 Å². The average Bonchev–Trinajstić information content (AvgIpc) is 2.56. The van der Waals surface area contributed by atoms with Gasteiger partial charge in [0.05, 0.1) is 13.2 Å². The van der Waals surface area contributed by atoms with Crippen LogP contribution in [0.2, 0.25) is 0 Å². The molecule has 22 heavy (non-hydrogen) atoms. The van der Waals surface area contributed by atoms with Gasteiger partial charge in [0.15, 0.2) is 0 Å². The van der Waals surface area contributed by atoms with Gasteiger partial charge in [-0.2, -0.15) is 0 Å². The van der Waals surface area contributed by atoms with Gasteiger partial charge in [0.25, 0.3) is 5.91 Å². The smallest absolute Gasteiger partial charge is 0.251 e. The Kier molecular flexibility index (Phi) is 7.13. The Balaban J connectivity index is 1.74. The van der Waals surface area contributed by atoms with E-state index in [1.165, 1.54) is 0 Å². The van der Waals surface area contributed by atoms with Crippen LogP contribution >= 0.6 is 0 Å². The average molecular weight is 302 g/mol. The maximum absolute atomic E-state index is 12.1. The number of nitrogens with zero attached hydrogens (tertiary/aromatic N) is 1. The molecule has 0 unspecified atom stereocenters. The van der Waals surface area contributed by atoms with Gasteiger partial charge in [0.1, 0.15) is 0 Å². The molecule has 1 saturated heterocycles. The second-order valence-corrected chi connectivity index (χ2v) is 5.52. The maximum Gasteiger partial charge on any atom is 0.251 e. The van der Waals surface area contributed by atoms with E-state index in [0.717, 1.165) is 56.8 Å². The summed E-state index contributed by atoms with van der Waals surface area (Å²) < 4.78 is 5.31. The van der Waals surface area contributed by atoms with Crippen molar-refractivity contribution in [2.45, 2.75) is 19.8 Å². The number of ether oxygens (including phenoxy) is 1. The molecule has 1 heterocycles. The summed E-state index contributed by atoms with van der Waals surface area (Å²) >= 11 is 0. The van der Waals surface area contributed by atoms with Gasteiger partial charge in [0.2, 0.25) is 0 Å². The summed E-state index contributed by atoms with van der Waals surface area (Å²) in [6.07, 6.45) is 6.50. The van der Waals surface area contributed by atoms with E-state index in [4.69, 9.17) is 4.74 Å². The van der Waals surface area contributed by atoms with Gasteiger partial charge < -0.3 is 10.1 Å². The SMILES string of the molecule is CCC/C=C/c1ccc(C(=O)NCCN2CCOCC2)cc1. The number of amides is 1. The second-order valence-electron chi connectivity index (χ2n) is 5.52. The van der Waals surface area contributed by atoms with Crippen molar-refractivity contribution in [1.29, 1.82) is 0 Å². The predicted molar refractivity (Wildman–Crippen MR) is 90.0 cm³/mol. The van der Waals surface area contributed by atoms with Crippen molar-refractivity contribution in [2.75, 3.05) is 39.4 Å². The van der Waals surface area contributed by atoms with Gasteiger partial charge in [0, 0.05) is 31.7 Å². The minimum Gasteiger partial charge on any atom is -0.379 e. The van der Waals surface area contributed by atoms with Crippen LogP contribution in [-0.2, 0) is 4.74 Å². The fourth-order valence-electron chi connectivity index (χ4n) is 2.39. The number of benzene rings is 1. The minimum atomic E-state index is -0.00246. The fraction of sp³-hybridized carbons (Fsp3) is 0.500. The van der Waals surface area contributed by atoms with Crippen LogP contribution in [0.1, 0.15) is 35.7 Å². The molecule has 0 radical (unpaired) electrons. The van der Waals surface area contributed by atoms with Gasteiger partial charge in [-0.3, -0.25) is 9.69 Å². The molecule has 0 atom stereocenters. The maximum atomic E-state index is 12.1. The third kappa shape index (κ3) is 5.62. The molecular weight excluding hydrogens is 276 g/mol. The predicted octanol–water partition coefficient (Wildman–Crippen LogP) is 2.56. The molecule has 1 amide bonds. The van der Waals surface area contributed by atoms with Crippen LogP contribution in [0.25, 0.3) is 6.08 Å². The number of nitrogens with one attached hydrogen (secondary N) is 1. The first kappa shape index (κ1) is 16.7. The van der Waals surface area contributed by atoms with Crippen LogP contribution in [0.3, 0.4) is 0 Å². The van der Waals surface area contributed by atoms with Gasteiger partial charge in [-0.05, 0) is 24.1 Å². The summed E-state index contributed by atoms with van der Waals surface area (Å²) in [5.41, 5.74) is 1.85. The highest BCUT2D eigenvalue weighted by molar-refractivity contribution is 5.94. The van der Waals surface area contributed by atoms with E-state index in [1.54, 1.807) is 0 Å². The first-order chi connectivity index (χ1) is 10.8. The number of rotatable bonds is 7. The summed E-state index contributed by atoms with van der Waals surface area (Å²) in [5, 5.41) is 2.98. The van der Waals surface area contributed by atoms with Gasteiger partial charge >= 0.3 is 0 Å². The quantitative estimate of drug-likeness (QED) is 0.841. The number of morpholine rings is 1. The lowest BCUT2D eigenvalue weighted by Gasteiger charge is -2.26. The normalized spacial score (nSPS) is 16.0. The monoisotopic (exact) mass is 302 g/mol. The number of unbranched alkanes of at least 4 members (excludes halogenated alkanes) is 1. The van der Waals surface area contributed by atoms with Crippen LogP contribution in [0.4, 0.5) is 0 Å². The molecule has 0 aliphatic carbocycles. The second kappa shape index (κ2) is 9.38. The van der Waals surface area contributed by atoms with Crippen molar-refractivity contribution in [3.05, 3.63) is 41.5 Å². The first-order valence-electron chi connectivity index (χ1n) is 8.14. The molecular formula is C18H26N2O2. The minimum absolute atomic E-state index is 0.00246. The van der Waals surface area contributed by atoms with Crippen LogP contribution in [0.5, 0.6) is 0 Å². The Hall–Kier alpha value is -1.65. The van der Waals surface area contributed by atoms with E-state index < -0.39 is 0 Å². The van der Waals surface area contributed by atoms with Gasteiger partial charge in [-0.1, -0.05) is 37.6 Å². The largest absolute Gasteiger partial charge is 0.379 e. The highest BCUT2D eigenvalue weighted by Gasteiger charge is 2.10. The summed E-state index contributed by atoms with van der Waals surface area (Å²) in [4.78, 5) is 14.4. The molecule has 1 N–H and O–H groups in total. The van der Waals surface area contributed by atoms with Crippen LogP contribution in [-0.4, -0.2) is 50.2 Å². The van der Waals surface area contributed by atoms with Crippen molar-refractivity contribution < 1.29 is 9.53 Å². The summed E-state index contributed by atoms with van der Waals surface area (Å²) in [6.45, 7) is 7.21. The molecule has 4 heteroatoms. The number of allylic oxidation sites excluding steroid dienone is 1. The molecule has 120 valence electrons. The Morgan fingerprint density at radius 3 is 2.68 bits per heavy atom. The zero-order valence-corrected chi connectivity index (χ0v) is 13.4. The number of hydrogen-bond donors (Lipinski definition) is 1. The van der Waals surface area contributed by atoms with E-state index >= 15 is 0 Å². The van der Waals surface area contributed by atoms with Crippen molar-refractivity contribution in [2.24, 2.45) is 0 Å². The van der Waals surface area contributed by atoms with Crippen molar-refractivity contribution >= 4 is 12.0 Å². The highest BCUT2D eigenvalue weighted by Crippen LogP contribution is 2.07. The lowest BCUT2D eigenvalue weighted by atomic mass is 10.1. The Morgan fingerprint density at radius 2 is 2.00 bits per heavy atom. The highest BCUT2D eigenvalue weighted by atomic mass is 16.5. The lowest BCUT2D eigenvalue weighted by molar-refractivity contribution is 0.0383. The zero-order valence-electron chi connectivity index (χ0n) is 13.4. The Bertz CT molecular complexity index is 476. The molecule has 1 fully saturated rings.